The number of hydrogen-bond acceptors (Lipinski definition) is 2. The summed E-state index contributed by atoms with van der Waals surface area (Å²) in [5, 5.41) is 0. The summed E-state index contributed by atoms with van der Waals surface area (Å²) in [5.74, 6) is -0.571. The van der Waals surface area contributed by atoms with Crippen molar-refractivity contribution in [2.75, 3.05) is 20.7 Å². The summed E-state index contributed by atoms with van der Waals surface area (Å²) < 4.78 is 18.3. The zero-order valence-electron chi connectivity index (χ0n) is 10.7. The van der Waals surface area contributed by atoms with Crippen molar-refractivity contribution >= 4 is 21.8 Å². The third kappa shape index (κ3) is 3.98. The van der Waals surface area contributed by atoms with Crippen LogP contribution in [0.15, 0.2) is 18.2 Å². The van der Waals surface area contributed by atoms with Crippen molar-refractivity contribution < 1.29 is 13.9 Å². The second kappa shape index (κ2) is 6.73. The number of halogens is 2. The Bertz CT molecular complexity index is 423. The number of carbonyl (C=O) groups is 1. The molecule has 1 aromatic rings. The van der Waals surface area contributed by atoms with Crippen molar-refractivity contribution in [3.05, 3.63) is 29.6 Å². The third-order valence-electron chi connectivity index (χ3n) is 2.61. The molecule has 0 spiro atoms. The third-order valence-corrected chi connectivity index (χ3v) is 3.07. The lowest BCUT2D eigenvalue weighted by Crippen LogP contribution is -2.28. The van der Waals surface area contributed by atoms with Gasteiger partial charge in [-0.2, -0.15) is 0 Å². The highest BCUT2D eigenvalue weighted by Crippen LogP contribution is 2.18. The van der Waals surface area contributed by atoms with Gasteiger partial charge in [0.1, 0.15) is 0 Å². The summed E-state index contributed by atoms with van der Waals surface area (Å²) in [6, 6.07) is 4.23. The Kier molecular flexibility index (Phi) is 5.59. The number of methoxy groups -OCH3 is 1. The van der Waals surface area contributed by atoms with Crippen molar-refractivity contribution in [3.8, 4) is 5.75 Å². The summed E-state index contributed by atoms with van der Waals surface area (Å²) in [7, 11) is 3.10. The minimum atomic E-state index is -0.523. The Hall–Kier alpha value is -1.10. The van der Waals surface area contributed by atoms with Crippen LogP contribution in [0, 0.1) is 5.82 Å². The van der Waals surface area contributed by atoms with Gasteiger partial charge in [-0.05, 0) is 24.6 Å². The Morgan fingerprint density at radius 1 is 1.56 bits per heavy atom. The van der Waals surface area contributed by atoms with E-state index in [1.807, 2.05) is 6.92 Å². The summed E-state index contributed by atoms with van der Waals surface area (Å²) in [5.41, 5.74) is 0.332. The highest BCUT2D eigenvalue weighted by Gasteiger charge is 2.14. The smallest absolute Gasteiger partial charge is 0.253 e. The molecule has 0 aliphatic heterocycles. The molecule has 0 saturated heterocycles. The molecule has 1 amide bonds. The molecule has 1 rings (SSSR count). The quantitative estimate of drug-likeness (QED) is 0.781. The van der Waals surface area contributed by atoms with Crippen LogP contribution < -0.4 is 4.74 Å². The molecular formula is C13H17BrFNO2. The van der Waals surface area contributed by atoms with Crippen LogP contribution in [0.3, 0.4) is 0 Å². The van der Waals surface area contributed by atoms with E-state index < -0.39 is 5.82 Å². The van der Waals surface area contributed by atoms with Gasteiger partial charge in [0, 0.05) is 24.0 Å². The van der Waals surface area contributed by atoms with Gasteiger partial charge in [-0.3, -0.25) is 4.79 Å². The number of benzene rings is 1. The molecule has 0 aliphatic carbocycles. The fourth-order valence-electron chi connectivity index (χ4n) is 1.49. The zero-order valence-corrected chi connectivity index (χ0v) is 12.3. The van der Waals surface area contributed by atoms with E-state index in [4.69, 9.17) is 4.74 Å². The minimum Gasteiger partial charge on any atom is -0.494 e. The first-order valence-corrected chi connectivity index (χ1v) is 6.60. The number of hydrogen-bond donors (Lipinski definition) is 0. The number of ether oxygens (including phenoxy) is 1. The van der Waals surface area contributed by atoms with Crippen molar-refractivity contribution in [2.24, 2.45) is 0 Å². The van der Waals surface area contributed by atoms with E-state index in [0.717, 1.165) is 6.42 Å². The molecule has 100 valence electrons. The molecule has 18 heavy (non-hydrogen) atoms. The van der Waals surface area contributed by atoms with E-state index in [-0.39, 0.29) is 11.7 Å². The van der Waals surface area contributed by atoms with Gasteiger partial charge in [-0.25, -0.2) is 4.39 Å². The monoisotopic (exact) mass is 317 g/mol. The number of rotatable bonds is 5. The minimum absolute atomic E-state index is 0.142. The molecule has 0 aliphatic rings. The molecule has 5 heteroatoms. The van der Waals surface area contributed by atoms with Crippen LogP contribution in [0.2, 0.25) is 0 Å². The van der Waals surface area contributed by atoms with Gasteiger partial charge in [-0.15, -0.1) is 0 Å². The van der Waals surface area contributed by atoms with E-state index >= 15 is 0 Å². The van der Waals surface area contributed by atoms with Crippen molar-refractivity contribution in [1.29, 1.82) is 0 Å². The lowest BCUT2D eigenvalue weighted by molar-refractivity contribution is 0.0793. The van der Waals surface area contributed by atoms with Crippen LogP contribution in [-0.4, -0.2) is 36.3 Å². The molecule has 0 N–H and O–H groups in total. The first kappa shape index (κ1) is 15.0. The fourth-order valence-corrected chi connectivity index (χ4v) is 1.70. The zero-order chi connectivity index (χ0) is 13.7. The molecule has 1 atom stereocenters. The van der Waals surface area contributed by atoms with E-state index in [1.54, 1.807) is 18.0 Å². The molecule has 1 unspecified atom stereocenters. The summed E-state index contributed by atoms with van der Waals surface area (Å²) >= 11 is 3.42. The number of nitrogens with zero attached hydrogens (tertiary/aromatic N) is 1. The molecule has 0 bridgehead atoms. The first-order chi connectivity index (χ1) is 8.45. The topological polar surface area (TPSA) is 29.5 Å². The van der Waals surface area contributed by atoms with Crippen LogP contribution in [0.1, 0.15) is 23.7 Å². The molecule has 0 aromatic heterocycles. The predicted molar refractivity (Wildman–Crippen MR) is 72.9 cm³/mol. The second-order valence-electron chi connectivity index (χ2n) is 4.15. The van der Waals surface area contributed by atoms with Gasteiger partial charge < -0.3 is 9.64 Å². The average Bonchev–Trinajstić information content (AvgIpc) is 2.34. The maximum Gasteiger partial charge on any atom is 0.253 e. The predicted octanol–water partition coefficient (Wildman–Crippen LogP) is 3.08. The summed E-state index contributed by atoms with van der Waals surface area (Å²) in [6.45, 7) is 2.64. The normalized spacial score (nSPS) is 12.1. The highest BCUT2D eigenvalue weighted by molar-refractivity contribution is 9.09. The molecular weight excluding hydrogens is 301 g/mol. The van der Waals surface area contributed by atoms with Crippen molar-refractivity contribution in [1.82, 2.24) is 4.90 Å². The molecule has 0 heterocycles. The number of carbonyl (C=O) groups excluding carboxylic acids is 1. The second-order valence-corrected chi connectivity index (χ2v) is 5.71. The SMILES string of the molecule is COc1ccc(C(=O)N(C)CCC(C)Br)cc1F. The Morgan fingerprint density at radius 3 is 2.72 bits per heavy atom. The lowest BCUT2D eigenvalue weighted by Gasteiger charge is -2.18. The van der Waals surface area contributed by atoms with Gasteiger partial charge in [-0.1, -0.05) is 22.9 Å². The van der Waals surface area contributed by atoms with Crippen molar-refractivity contribution in [3.63, 3.8) is 0 Å². The maximum atomic E-state index is 13.5. The van der Waals surface area contributed by atoms with Crippen LogP contribution >= 0.6 is 15.9 Å². The Labute approximate surface area is 115 Å². The van der Waals surface area contributed by atoms with Crippen molar-refractivity contribution in [2.45, 2.75) is 18.2 Å². The van der Waals surface area contributed by atoms with E-state index in [1.165, 1.54) is 19.2 Å². The number of amides is 1. The lowest BCUT2D eigenvalue weighted by atomic mass is 10.2. The standard InChI is InChI=1S/C13H17BrFNO2/c1-9(14)6-7-16(2)13(17)10-4-5-12(18-3)11(15)8-10/h4-5,8-9H,6-7H2,1-3H3. The van der Waals surface area contributed by atoms with Gasteiger partial charge in [0.15, 0.2) is 11.6 Å². The summed E-state index contributed by atoms with van der Waals surface area (Å²) in [4.78, 5) is 13.9. The Balaban J connectivity index is 2.74. The molecule has 1 aromatic carbocycles. The van der Waals surface area contributed by atoms with E-state index in [9.17, 15) is 9.18 Å². The van der Waals surface area contributed by atoms with Crippen LogP contribution in [-0.2, 0) is 0 Å². The van der Waals surface area contributed by atoms with Gasteiger partial charge in [0.05, 0.1) is 7.11 Å². The number of alkyl halides is 1. The van der Waals surface area contributed by atoms with Crippen LogP contribution in [0.5, 0.6) is 5.75 Å². The van der Waals surface area contributed by atoms with Gasteiger partial charge in [0.25, 0.3) is 5.91 Å². The maximum absolute atomic E-state index is 13.5. The average molecular weight is 318 g/mol. The van der Waals surface area contributed by atoms with E-state index in [2.05, 4.69) is 15.9 Å². The van der Waals surface area contributed by atoms with E-state index in [0.29, 0.717) is 16.9 Å². The molecule has 0 saturated carbocycles. The van der Waals surface area contributed by atoms with Crippen LogP contribution in [0.4, 0.5) is 4.39 Å². The Morgan fingerprint density at radius 2 is 2.22 bits per heavy atom. The van der Waals surface area contributed by atoms with Gasteiger partial charge in [0.2, 0.25) is 0 Å². The highest BCUT2D eigenvalue weighted by atomic mass is 79.9. The van der Waals surface area contributed by atoms with Gasteiger partial charge >= 0.3 is 0 Å². The summed E-state index contributed by atoms with van der Waals surface area (Å²) in [6.07, 6.45) is 0.848. The first-order valence-electron chi connectivity index (χ1n) is 5.68. The molecule has 0 fully saturated rings. The fraction of sp³-hybridized carbons (Fsp3) is 0.462. The molecule has 3 nitrogen and oxygen atoms in total. The largest absolute Gasteiger partial charge is 0.494 e. The molecule has 0 radical (unpaired) electrons. The van der Waals surface area contributed by atoms with Crippen LogP contribution in [0.25, 0.3) is 0 Å².